The highest BCUT2D eigenvalue weighted by molar-refractivity contribution is 5.93. The molecule has 0 aliphatic rings. The van der Waals surface area contributed by atoms with Crippen molar-refractivity contribution in [3.05, 3.63) is 59.4 Å². The van der Waals surface area contributed by atoms with Crippen LogP contribution in [0.1, 0.15) is 28.7 Å². The van der Waals surface area contributed by atoms with Gasteiger partial charge in [0.25, 0.3) is 0 Å². The summed E-state index contributed by atoms with van der Waals surface area (Å²) in [6.45, 7) is 4.04. The monoisotopic (exact) mass is 280 g/mol. The van der Waals surface area contributed by atoms with Gasteiger partial charge in [-0.05, 0) is 49.2 Å². The minimum atomic E-state index is -0.926. The van der Waals surface area contributed by atoms with Crippen molar-refractivity contribution in [1.82, 2.24) is 9.55 Å². The summed E-state index contributed by atoms with van der Waals surface area (Å²) in [4.78, 5) is 15.7. The van der Waals surface area contributed by atoms with Crippen molar-refractivity contribution < 1.29 is 9.90 Å². The predicted octanol–water partition coefficient (Wildman–Crippen LogP) is 3.59. The predicted molar refractivity (Wildman–Crippen MR) is 82.1 cm³/mol. The molecule has 0 spiro atoms. The van der Waals surface area contributed by atoms with Crippen LogP contribution >= 0.6 is 0 Å². The van der Waals surface area contributed by atoms with Gasteiger partial charge in [0, 0.05) is 5.69 Å². The molecule has 0 amide bonds. The molecule has 0 fully saturated rings. The first-order chi connectivity index (χ1) is 10.1. The van der Waals surface area contributed by atoms with E-state index < -0.39 is 5.97 Å². The third-order valence-electron chi connectivity index (χ3n) is 3.65. The SMILES string of the molecule is CCc1cccc(-n2c(C)nc3ccc(C(=O)O)cc32)c1. The zero-order valence-corrected chi connectivity index (χ0v) is 12.0. The van der Waals surface area contributed by atoms with Crippen molar-refractivity contribution in [2.24, 2.45) is 0 Å². The number of imidazole rings is 1. The van der Waals surface area contributed by atoms with Gasteiger partial charge in [-0.2, -0.15) is 0 Å². The number of carbonyl (C=O) groups is 1. The minimum Gasteiger partial charge on any atom is -0.478 e. The van der Waals surface area contributed by atoms with Crippen LogP contribution < -0.4 is 0 Å². The molecule has 0 bridgehead atoms. The molecular formula is C17H16N2O2. The number of rotatable bonds is 3. The van der Waals surface area contributed by atoms with Crippen LogP contribution in [0.3, 0.4) is 0 Å². The van der Waals surface area contributed by atoms with Crippen LogP contribution in [0.5, 0.6) is 0 Å². The Morgan fingerprint density at radius 1 is 1.24 bits per heavy atom. The number of hydrogen-bond acceptors (Lipinski definition) is 2. The van der Waals surface area contributed by atoms with Gasteiger partial charge in [-0.15, -0.1) is 0 Å². The number of carboxylic acid groups (broad SMARTS) is 1. The fourth-order valence-corrected chi connectivity index (χ4v) is 2.57. The Balaban J connectivity index is 2.27. The largest absolute Gasteiger partial charge is 0.478 e. The normalized spacial score (nSPS) is 11.0. The van der Waals surface area contributed by atoms with Gasteiger partial charge in [-0.3, -0.25) is 4.57 Å². The highest BCUT2D eigenvalue weighted by Crippen LogP contribution is 2.23. The lowest BCUT2D eigenvalue weighted by molar-refractivity contribution is 0.0697. The lowest BCUT2D eigenvalue weighted by Crippen LogP contribution is -2.00. The standard InChI is InChI=1S/C17H16N2O2/c1-3-12-5-4-6-14(9-12)19-11(2)18-15-8-7-13(17(20)21)10-16(15)19/h4-10H,3H2,1-2H3,(H,20,21). The van der Waals surface area contributed by atoms with Crippen LogP contribution in [0.25, 0.3) is 16.7 Å². The molecule has 3 aromatic rings. The molecule has 3 rings (SSSR count). The molecule has 0 radical (unpaired) electrons. The van der Waals surface area contributed by atoms with E-state index in [9.17, 15) is 4.79 Å². The van der Waals surface area contributed by atoms with E-state index in [-0.39, 0.29) is 5.56 Å². The number of carboxylic acids is 1. The number of fused-ring (bicyclic) bond motifs is 1. The van der Waals surface area contributed by atoms with Crippen LogP contribution in [-0.4, -0.2) is 20.6 Å². The van der Waals surface area contributed by atoms with Gasteiger partial charge in [0.15, 0.2) is 0 Å². The average Bonchev–Trinajstić information content (AvgIpc) is 2.82. The van der Waals surface area contributed by atoms with E-state index in [1.54, 1.807) is 18.2 Å². The first-order valence-electron chi connectivity index (χ1n) is 6.92. The Labute approximate surface area is 122 Å². The molecule has 4 heteroatoms. The molecule has 0 unspecified atom stereocenters. The fraction of sp³-hybridized carbons (Fsp3) is 0.176. The summed E-state index contributed by atoms with van der Waals surface area (Å²) in [6, 6.07) is 13.2. The van der Waals surface area contributed by atoms with Crippen LogP contribution in [-0.2, 0) is 6.42 Å². The van der Waals surface area contributed by atoms with Crippen molar-refractivity contribution in [2.45, 2.75) is 20.3 Å². The first-order valence-corrected chi connectivity index (χ1v) is 6.92. The molecule has 0 aliphatic heterocycles. The van der Waals surface area contributed by atoms with Crippen molar-refractivity contribution in [3.63, 3.8) is 0 Å². The maximum atomic E-state index is 11.2. The lowest BCUT2D eigenvalue weighted by Gasteiger charge is -2.09. The Morgan fingerprint density at radius 3 is 2.76 bits per heavy atom. The highest BCUT2D eigenvalue weighted by atomic mass is 16.4. The maximum Gasteiger partial charge on any atom is 0.335 e. The quantitative estimate of drug-likeness (QED) is 0.797. The number of hydrogen-bond donors (Lipinski definition) is 1. The summed E-state index contributed by atoms with van der Waals surface area (Å²) < 4.78 is 2.00. The second kappa shape index (κ2) is 5.05. The van der Waals surface area contributed by atoms with Gasteiger partial charge in [-0.1, -0.05) is 19.1 Å². The zero-order chi connectivity index (χ0) is 15.0. The summed E-state index contributed by atoms with van der Waals surface area (Å²) >= 11 is 0. The smallest absolute Gasteiger partial charge is 0.335 e. The van der Waals surface area contributed by atoms with E-state index in [0.717, 1.165) is 29.0 Å². The molecule has 0 atom stereocenters. The molecule has 4 nitrogen and oxygen atoms in total. The second-order valence-corrected chi connectivity index (χ2v) is 5.03. The topological polar surface area (TPSA) is 55.1 Å². The molecule has 0 saturated heterocycles. The van der Waals surface area contributed by atoms with E-state index in [1.165, 1.54) is 5.56 Å². The van der Waals surface area contributed by atoms with Crippen LogP contribution in [0.2, 0.25) is 0 Å². The van der Waals surface area contributed by atoms with E-state index in [0.29, 0.717) is 0 Å². The van der Waals surface area contributed by atoms with Crippen molar-refractivity contribution in [2.75, 3.05) is 0 Å². The van der Waals surface area contributed by atoms with Crippen LogP contribution in [0, 0.1) is 6.92 Å². The molecule has 0 saturated carbocycles. The lowest BCUT2D eigenvalue weighted by atomic mass is 10.1. The minimum absolute atomic E-state index is 0.273. The number of nitrogens with zero attached hydrogens (tertiary/aromatic N) is 2. The molecule has 1 heterocycles. The number of aromatic carboxylic acids is 1. The molecule has 21 heavy (non-hydrogen) atoms. The number of aryl methyl sites for hydroxylation is 2. The highest BCUT2D eigenvalue weighted by Gasteiger charge is 2.12. The van der Waals surface area contributed by atoms with Crippen molar-refractivity contribution in [3.8, 4) is 5.69 Å². The summed E-state index contributed by atoms with van der Waals surface area (Å²) in [6.07, 6.45) is 0.958. The van der Waals surface area contributed by atoms with Gasteiger partial charge < -0.3 is 5.11 Å². The third-order valence-corrected chi connectivity index (χ3v) is 3.65. The summed E-state index contributed by atoms with van der Waals surface area (Å²) in [7, 11) is 0. The summed E-state index contributed by atoms with van der Waals surface area (Å²) in [5.74, 6) is -0.0783. The van der Waals surface area contributed by atoms with Gasteiger partial charge >= 0.3 is 5.97 Å². The van der Waals surface area contributed by atoms with Crippen molar-refractivity contribution in [1.29, 1.82) is 0 Å². The van der Waals surface area contributed by atoms with Crippen LogP contribution in [0.4, 0.5) is 0 Å². The van der Waals surface area contributed by atoms with Gasteiger partial charge in [0.1, 0.15) is 5.82 Å². The fourth-order valence-electron chi connectivity index (χ4n) is 2.57. The van der Waals surface area contributed by atoms with E-state index in [2.05, 4.69) is 24.0 Å². The van der Waals surface area contributed by atoms with E-state index in [1.807, 2.05) is 23.6 Å². The van der Waals surface area contributed by atoms with Gasteiger partial charge in [0.2, 0.25) is 0 Å². The molecular weight excluding hydrogens is 264 g/mol. The van der Waals surface area contributed by atoms with Gasteiger partial charge in [0.05, 0.1) is 16.6 Å². The molecule has 2 aromatic carbocycles. The molecule has 1 aromatic heterocycles. The Bertz CT molecular complexity index is 834. The number of benzene rings is 2. The Hall–Kier alpha value is -2.62. The molecule has 1 N–H and O–H groups in total. The zero-order valence-electron chi connectivity index (χ0n) is 12.0. The van der Waals surface area contributed by atoms with Crippen LogP contribution in [0.15, 0.2) is 42.5 Å². The second-order valence-electron chi connectivity index (χ2n) is 5.03. The number of aromatic nitrogens is 2. The first kappa shape index (κ1) is 13.4. The van der Waals surface area contributed by atoms with Gasteiger partial charge in [-0.25, -0.2) is 9.78 Å². The maximum absolute atomic E-state index is 11.2. The third kappa shape index (κ3) is 2.29. The van der Waals surface area contributed by atoms with E-state index >= 15 is 0 Å². The molecule has 0 aliphatic carbocycles. The summed E-state index contributed by atoms with van der Waals surface area (Å²) in [5.41, 5.74) is 4.15. The van der Waals surface area contributed by atoms with E-state index in [4.69, 9.17) is 5.11 Å². The average molecular weight is 280 g/mol. The van der Waals surface area contributed by atoms with Crippen molar-refractivity contribution >= 4 is 17.0 Å². The Kier molecular flexibility index (Phi) is 3.22. The Morgan fingerprint density at radius 2 is 2.05 bits per heavy atom. The molecule has 106 valence electrons. The summed E-state index contributed by atoms with van der Waals surface area (Å²) in [5, 5.41) is 9.17.